The molecular formula is C33H42N4O11. The van der Waals surface area contributed by atoms with Gasteiger partial charge in [0.1, 0.15) is 5.69 Å². The summed E-state index contributed by atoms with van der Waals surface area (Å²) < 4.78 is 9.97. The van der Waals surface area contributed by atoms with Crippen LogP contribution in [-0.4, -0.2) is 84.9 Å². The first kappa shape index (κ1) is 40.3. The van der Waals surface area contributed by atoms with Gasteiger partial charge in [-0.15, -0.1) is 0 Å². The number of ether oxygens (including phenoxy) is 2. The van der Waals surface area contributed by atoms with Gasteiger partial charge in [0.05, 0.1) is 35.7 Å². The number of para-hydroxylation sites is 2. The van der Waals surface area contributed by atoms with E-state index in [0.717, 1.165) is 0 Å². The highest BCUT2D eigenvalue weighted by Gasteiger charge is 2.24. The minimum absolute atomic E-state index is 0.0170. The summed E-state index contributed by atoms with van der Waals surface area (Å²) in [6.45, 7) is 7.66. The van der Waals surface area contributed by atoms with Crippen molar-refractivity contribution in [3.05, 3.63) is 94.0 Å². The lowest BCUT2D eigenvalue weighted by atomic mass is 10.1. The Hall–Kier alpha value is -5.70. The molecule has 48 heavy (non-hydrogen) atoms. The van der Waals surface area contributed by atoms with Crippen molar-refractivity contribution in [3.8, 4) is 23.0 Å². The fraction of sp³-hybridized carbons (Fsp3) is 0.333. The van der Waals surface area contributed by atoms with Crippen LogP contribution in [0.5, 0.6) is 23.0 Å². The molecule has 0 heterocycles. The van der Waals surface area contributed by atoms with Crippen LogP contribution in [0.4, 0.5) is 17.1 Å². The minimum Gasteiger partial charge on any atom is -0.505 e. The van der Waals surface area contributed by atoms with E-state index in [9.17, 15) is 39.0 Å². The number of anilines is 3. The van der Waals surface area contributed by atoms with Gasteiger partial charge in [-0.05, 0) is 52.0 Å². The lowest BCUT2D eigenvalue weighted by molar-refractivity contribution is 0.0817. The SMILES string of the molecule is CCO.CCOc1c(C)c(=O)c1=O.CCOc1c(Nc2cccc(C(=O)N(C)C)c2O)c(=O)c1=O.CN(C)C(=O)c1cccc(N)c1O. The van der Waals surface area contributed by atoms with E-state index in [2.05, 4.69) is 5.32 Å². The van der Waals surface area contributed by atoms with Crippen molar-refractivity contribution in [1.82, 2.24) is 9.80 Å². The quantitative estimate of drug-likeness (QED) is 0.102. The molecule has 0 unspecified atom stereocenters. The number of amides is 2. The maximum absolute atomic E-state index is 12.0. The Kier molecular flexibility index (Phi) is 15.5. The summed E-state index contributed by atoms with van der Waals surface area (Å²) in [5, 5.41) is 29.8. The number of phenols is 2. The van der Waals surface area contributed by atoms with Gasteiger partial charge in [0, 0.05) is 40.4 Å². The zero-order valence-electron chi connectivity index (χ0n) is 28.2. The van der Waals surface area contributed by atoms with E-state index in [1.807, 2.05) is 0 Å². The number of nitrogens with one attached hydrogen (secondary N) is 1. The Bertz CT molecular complexity index is 1850. The molecule has 0 saturated heterocycles. The van der Waals surface area contributed by atoms with Crippen molar-refractivity contribution < 1.29 is 34.4 Å². The maximum atomic E-state index is 12.0. The van der Waals surface area contributed by atoms with Gasteiger partial charge in [-0.1, -0.05) is 12.1 Å². The second-order valence-corrected chi connectivity index (χ2v) is 10.1. The first-order chi connectivity index (χ1) is 22.5. The van der Waals surface area contributed by atoms with Crippen LogP contribution in [0.3, 0.4) is 0 Å². The number of hydrogen-bond acceptors (Lipinski definition) is 13. The number of carbonyl (C=O) groups excluding carboxylic acids is 2. The summed E-state index contributed by atoms with van der Waals surface area (Å²) in [7, 11) is 6.35. The molecule has 15 nitrogen and oxygen atoms in total. The van der Waals surface area contributed by atoms with Crippen molar-refractivity contribution >= 4 is 28.9 Å². The van der Waals surface area contributed by atoms with E-state index in [1.165, 1.54) is 28.0 Å². The van der Waals surface area contributed by atoms with Crippen LogP contribution >= 0.6 is 0 Å². The normalized spacial score (nSPS) is 9.94. The number of nitrogens with two attached hydrogens (primary N) is 1. The van der Waals surface area contributed by atoms with Crippen LogP contribution in [0.25, 0.3) is 0 Å². The van der Waals surface area contributed by atoms with E-state index in [1.54, 1.807) is 74.1 Å². The maximum Gasteiger partial charge on any atom is 0.272 e. The smallest absolute Gasteiger partial charge is 0.272 e. The molecule has 0 bridgehead atoms. The van der Waals surface area contributed by atoms with Crippen LogP contribution in [-0.2, 0) is 0 Å². The number of nitrogens with zero attached hydrogens (tertiary/aromatic N) is 2. The number of hydrogen-bond donors (Lipinski definition) is 5. The Morgan fingerprint density at radius 1 is 0.729 bits per heavy atom. The van der Waals surface area contributed by atoms with Crippen LogP contribution in [0.1, 0.15) is 47.1 Å². The number of aliphatic hydroxyl groups is 1. The molecule has 0 aliphatic carbocycles. The first-order valence-corrected chi connectivity index (χ1v) is 14.6. The third-order valence-corrected chi connectivity index (χ3v) is 6.17. The molecule has 0 spiro atoms. The van der Waals surface area contributed by atoms with Crippen LogP contribution in [0, 0.1) is 6.92 Å². The molecule has 0 saturated carbocycles. The zero-order valence-corrected chi connectivity index (χ0v) is 28.2. The Morgan fingerprint density at radius 2 is 1.17 bits per heavy atom. The van der Waals surface area contributed by atoms with E-state index in [4.69, 9.17) is 20.3 Å². The molecule has 0 fully saturated rings. The molecule has 2 amide bonds. The van der Waals surface area contributed by atoms with E-state index in [-0.39, 0.29) is 76.2 Å². The van der Waals surface area contributed by atoms with Gasteiger partial charge in [0.2, 0.25) is 5.43 Å². The minimum atomic E-state index is -0.716. The van der Waals surface area contributed by atoms with Crippen LogP contribution < -0.4 is 42.2 Å². The van der Waals surface area contributed by atoms with E-state index in [0.29, 0.717) is 12.2 Å². The number of aromatic hydroxyl groups is 2. The Balaban J connectivity index is 0.000000375. The topological polar surface area (TPSA) is 226 Å². The zero-order chi connectivity index (χ0) is 36.9. The van der Waals surface area contributed by atoms with Crippen molar-refractivity contribution in [2.75, 3.05) is 59.1 Å². The molecule has 0 radical (unpaired) electrons. The van der Waals surface area contributed by atoms with Crippen molar-refractivity contribution in [2.45, 2.75) is 27.7 Å². The van der Waals surface area contributed by atoms with E-state index < -0.39 is 21.7 Å². The average Bonchev–Trinajstić information content (AvgIpc) is 3.06. The second kappa shape index (κ2) is 18.4. The fourth-order valence-corrected chi connectivity index (χ4v) is 3.74. The number of nitrogen functional groups attached to an aromatic ring is 1. The molecule has 0 atom stereocenters. The Labute approximate surface area is 276 Å². The predicted octanol–water partition coefficient (Wildman–Crippen LogP) is 1.50. The van der Waals surface area contributed by atoms with Crippen molar-refractivity contribution in [1.29, 1.82) is 0 Å². The van der Waals surface area contributed by atoms with Crippen LogP contribution in [0.15, 0.2) is 55.6 Å². The number of carbonyl (C=O) groups is 2. The van der Waals surface area contributed by atoms with Gasteiger partial charge in [0.25, 0.3) is 28.1 Å². The lowest BCUT2D eigenvalue weighted by Gasteiger charge is -2.16. The van der Waals surface area contributed by atoms with Crippen molar-refractivity contribution in [2.24, 2.45) is 0 Å². The number of phenolic OH excluding ortho intramolecular Hbond substituents is 2. The average molecular weight is 671 g/mol. The van der Waals surface area contributed by atoms with Gasteiger partial charge >= 0.3 is 0 Å². The van der Waals surface area contributed by atoms with Gasteiger partial charge in [-0.3, -0.25) is 28.8 Å². The second-order valence-electron chi connectivity index (χ2n) is 10.1. The molecule has 15 heteroatoms. The number of rotatable bonds is 8. The van der Waals surface area contributed by atoms with E-state index >= 15 is 0 Å². The van der Waals surface area contributed by atoms with Gasteiger partial charge in [0.15, 0.2) is 23.0 Å². The molecule has 4 aromatic rings. The van der Waals surface area contributed by atoms with Crippen molar-refractivity contribution in [3.63, 3.8) is 0 Å². The molecular weight excluding hydrogens is 628 g/mol. The highest BCUT2D eigenvalue weighted by molar-refractivity contribution is 5.99. The molecule has 4 aromatic carbocycles. The fourth-order valence-electron chi connectivity index (χ4n) is 3.74. The molecule has 260 valence electrons. The Morgan fingerprint density at radius 3 is 1.62 bits per heavy atom. The third kappa shape index (κ3) is 9.65. The summed E-state index contributed by atoms with van der Waals surface area (Å²) in [6, 6.07) is 9.23. The molecule has 0 aromatic heterocycles. The van der Waals surface area contributed by atoms with Gasteiger partial charge in [-0.25, -0.2) is 0 Å². The third-order valence-electron chi connectivity index (χ3n) is 6.17. The monoisotopic (exact) mass is 670 g/mol. The molecule has 4 rings (SSSR count). The number of aliphatic hydroxyl groups excluding tert-OH is 1. The highest BCUT2D eigenvalue weighted by atomic mass is 16.5. The summed E-state index contributed by atoms with van der Waals surface area (Å²) in [5.41, 5.74) is 4.24. The highest BCUT2D eigenvalue weighted by Crippen LogP contribution is 2.32. The predicted molar refractivity (Wildman–Crippen MR) is 182 cm³/mol. The number of benzene rings is 2. The molecule has 0 aliphatic heterocycles. The largest absolute Gasteiger partial charge is 0.505 e. The van der Waals surface area contributed by atoms with Gasteiger partial charge in [-0.2, -0.15) is 0 Å². The van der Waals surface area contributed by atoms with Gasteiger partial charge < -0.3 is 45.6 Å². The summed E-state index contributed by atoms with van der Waals surface area (Å²) in [4.78, 5) is 70.3. The summed E-state index contributed by atoms with van der Waals surface area (Å²) >= 11 is 0. The summed E-state index contributed by atoms with van der Waals surface area (Å²) in [6.07, 6.45) is 0. The summed E-state index contributed by atoms with van der Waals surface area (Å²) in [5.74, 6) is -0.900. The van der Waals surface area contributed by atoms with Crippen LogP contribution in [0.2, 0.25) is 0 Å². The molecule has 6 N–H and O–H groups in total. The standard InChI is InChI=1S/C15H16N2O5.C9H12N2O2.C7H8O3.C2H6O/c1-4-22-14-10(12(19)13(14)20)16-9-7-5-6-8(11(9)18)15(21)17(2)3;1-11(2)9(13)6-4-3-5-7(10)8(6)12;1-3-10-7-4(2)5(8)6(7)9;1-2-3/h5-7,16,18H,4H2,1-3H3;3-5,12H,10H2,1-2H3;3H2,1-2H3;3H,2H2,1H3. The first-order valence-electron chi connectivity index (χ1n) is 14.6. The lowest BCUT2D eigenvalue weighted by Crippen LogP contribution is -2.35. The molecule has 0 aliphatic rings.